The Morgan fingerprint density at radius 3 is 2.70 bits per heavy atom. The van der Waals surface area contributed by atoms with Gasteiger partial charge in [0.05, 0.1) is 5.02 Å². The number of benzene rings is 2. The topological polar surface area (TPSA) is 42.0 Å². The van der Waals surface area contributed by atoms with E-state index in [0.29, 0.717) is 15.7 Å². The van der Waals surface area contributed by atoms with E-state index < -0.39 is 0 Å². The molecule has 1 amide bonds. The van der Waals surface area contributed by atoms with E-state index in [2.05, 4.69) is 10.3 Å². The van der Waals surface area contributed by atoms with Crippen molar-refractivity contribution in [2.24, 2.45) is 0 Å². The molecule has 2 heterocycles. The molecule has 0 radical (unpaired) electrons. The first kappa shape index (κ1) is 14.2. The van der Waals surface area contributed by atoms with Gasteiger partial charge >= 0.3 is 0 Å². The zero-order valence-corrected chi connectivity index (χ0v) is 13.5. The van der Waals surface area contributed by atoms with Crippen molar-refractivity contribution in [2.75, 3.05) is 5.32 Å². The van der Waals surface area contributed by atoms with Crippen molar-refractivity contribution in [3.05, 3.63) is 70.7 Å². The van der Waals surface area contributed by atoms with Crippen LogP contribution < -0.4 is 5.32 Å². The molecule has 0 saturated heterocycles. The van der Waals surface area contributed by atoms with Crippen molar-refractivity contribution in [3.8, 4) is 0 Å². The standard InChI is InChI=1S/C18H11ClN2OS/c19-16-15-12-6-2-1-5-11(12)8-9-13(15)23-17(16)18(22)21-14-7-3-4-10-20-14/h1-10H,(H,20,21,22). The van der Waals surface area contributed by atoms with Gasteiger partial charge in [-0.2, -0.15) is 0 Å². The predicted octanol–water partition coefficient (Wildman–Crippen LogP) is 5.36. The lowest BCUT2D eigenvalue weighted by molar-refractivity contribution is 0.103. The molecule has 0 bridgehead atoms. The Bertz CT molecular complexity index is 1030. The number of nitrogens with one attached hydrogen (secondary N) is 1. The van der Waals surface area contributed by atoms with Crippen LogP contribution in [-0.4, -0.2) is 10.9 Å². The van der Waals surface area contributed by atoms with Gasteiger partial charge in [0.2, 0.25) is 0 Å². The molecule has 0 spiro atoms. The van der Waals surface area contributed by atoms with E-state index in [1.54, 1.807) is 18.3 Å². The molecule has 23 heavy (non-hydrogen) atoms. The molecule has 2 aromatic heterocycles. The van der Waals surface area contributed by atoms with E-state index in [4.69, 9.17) is 11.6 Å². The average Bonchev–Trinajstić information content (AvgIpc) is 2.93. The van der Waals surface area contributed by atoms with Gasteiger partial charge in [-0.1, -0.05) is 48.0 Å². The van der Waals surface area contributed by atoms with Crippen molar-refractivity contribution >= 4 is 55.5 Å². The van der Waals surface area contributed by atoms with Crippen LogP contribution in [-0.2, 0) is 0 Å². The fourth-order valence-corrected chi connectivity index (χ4v) is 4.05. The summed E-state index contributed by atoms with van der Waals surface area (Å²) in [5.74, 6) is 0.273. The molecule has 112 valence electrons. The zero-order chi connectivity index (χ0) is 15.8. The highest BCUT2D eigenvalue weighted by atomic mass is 35.5. The van der Waals surface area contributed by atoms with Crippen LogP contribution >= 0.6 is 22.9 Å². The van der Waals surface area contributed by atoms with Crippen LogP contribution in [0, 0.1) is 0 Å². The Morgan fingerprint density at radius 1 is 1.04 bits per heavy atom. The lowest BCUT2D eigenvalue weighted by Crippen LogP contribution is -2.11. The monoisotopic (exact) mass is 338 g/mol. The van der Waals surface area contributed by atoms with Crippen LogP contribution in [0.2, 0.25) is 5.02 Å². The van der Waals surface area contributed by atoms with Crippen molar-refractivity contribution in [1.29, 1.82) is 0 Å². The van der Waals surface area contributed by atoms with E-state index in [-0.39, 0.29) is 5.91 Å². The van der Waals surface area contributed by atoms with Gasteiger partial charge in [0, 0.05) is 16.3 Å². The van der Waals surface area contributed by atoms with Gasteiger partial charge in [0.15, 0.2) is 0 Å². The summed E-state index contributed by atoms with van der Waals surface area (Å²) < 4.78 is 1.000. The van der Waals surface area contributed by atoms with E-state index in [1.165, 1.54) is 11.3 Å². The molecular formula is C18H11ClN2OS. The number of hydrogen-bond donors (Lipinski definition) is 1. The van der Waals surface area contributed by atoms with Gasteiger partial charge in [0.25, 0.3) is 5.91 Å². The average molecular weight is 339 g/mol. The molecule has 0 unspecified atom stereocenters. The summed E-state index contributed by atoms with van der Waals surface area (Å²) in [6.45, 7) is 0. The first-order valence-corrected chi connectivity index (χ1v) is 8.25. The third-order valence-electron chi connectivity index (χ3n) is 3.63. The third-order valence-corrected chi connectivity index (χ3v) is 5.28. The molecule has 5 heteroatoms. The van der Waals surface area contributed by atoms with Gasteiger partial charge in [-0.25, -0.2) is 4.98 Å². The number of rotatable bonds is 2. The third kappa shape index (κ3) is 2.46. The fraction of sp³-hybridized carbons (Fsp3) is 0. The number of anilines is 1. The molecule has 0 aliphatic carbocycles. The van der Waals surface area contributed by atoms with Gasteiger partial charge in [-0.3, -0.25) is 4.79 Å². The van der Waals surface area contributed by atoms with Crippen LogP contribution in [0.15, 0.2) is 60.8 Å². The Morgan fingerprint density at radius 2 is 1.87 bits per heavy atom. The second-order valence-corrected chi connectivity index (χ2v) is 6.50. The minimum Gasteiger partial charge on any atom is -0.306 e. The first-order valence-electron chi connectivity index (χ1n) is 7.06. The summed E-state index contributed by atoms with van der Waals surface area (Å²) in [5.41, 5.74) is 0. The molecule has 0 aliphatic rings. The van der Waals surface area contributed by atoms with Gasteiger partial charge in [-0.15, -0.1) is 11.3 Å². The molecule has 0 saturated carbocycles. The van der Waals surface area contributed by atoms with Gasteiger partial charge in [0.1, 0.15) is 10.7 Å². The Hall–Kier alpha value is -2.43. The normalized spacial score (nSPS) is 11.0. The molecular weight excluding hydrogens is 328 g/mol. The Balaban J connectivity index is 1.83. The quantitative estimate of drug-likeness (QED) is 0.535. The van der Waals surface area contributed by atoms with Crippen LogP contribution in [0.1, 0.15) is 9.67 Å². The largest absolute Gasteiger partial charge is 0.306 e. The SMILES string of the molecule is O=C(Nc1ccccn1)c1sc2ccc3ccccc3c2c1Cl. The number of carbonyl (C=O) groups excluding carboxylic acids is 1. The smallest absolute Gasteiger partial charge is 0.268 e. The van der Waals surface area contributed by atoms with E-state index in [1.807, 2.05) is 42.5 Å². The summed E-state index contributed by atoms with van der Waals surface area (Å²) in [6, 6.07) is 17.4. The molecule has 3 nitrogen and oxygen atoms in total. The van der Waals surface area contributed by atoms with E-state index in [9.17, 15) is 4.79 Å². The maximum atomic E-state index is 12.5. The minimum atomic E-state index is -0.237. The highest BCUT2D eigenvalue weighted by Crippen LogP contribution is 2.39. The summed E-state index contributed by atoms with van der Waals surface area (Å²) in [5, 5.41) is 6.38. The number of halogens is 1. The molecule has 4 rings (SSSR count). The van der Waals surface area contributed by atoms with Crippen molar-refractivity contribution in [2.45, 2.75) is 0 Å². The highest BCUT2D eigenvalue weighted by Gasteiger charge is 2.19. The van der Waals surface area contributed by atoms with Gasteiger partial charge in [-0.05, 0) is 29.0 Å². The zero-order valence-electron chi connectivity index (χ0n) is 11.9. The maximum absolute atomic E-state index is 12.5. The first-order chi connectivity index (χ1) is 11.2. The van der Waals surface area contributed by atoms with Crippen molar-refractivity contribution in [1.82, 2.24) is 4.98 Å². The number of pyridine rings is 1. The van der Waals surface area contributed by atoms with Crippen LogP contribution in [0.25, 0.3) is 20.9 Å². The lowest BCUT2D eigenvalue weighted by Gasteiger charge is -2.02. The number of amides is 1. The molecule has 0 atom stereocenters. The molecule has 0 aliphatic heterocycles. The molecule has 2 aromatic carbocycles. The van der Waals surface area contributed by atoms with Crippen LogP contribution in [0.3, 0.4) is 0 Å². The Kier molecular flexibility index (Phi) is 3.48. The second-order valence-electron chi connectivity index (χ2n) is 5.07. The van der Waals surface area contributed by atoms with Crippen molar-refractivity contribution in [3.63, 3.8) is 0 Å². The summed E-state index contributed by atoms with van der Waals surface area (Å²) in [7, 11) is 0. The minimum absolute atomic E-state index is 0.237. The van der Waals surface area contributed by atoms with E-state index >= 15 is 0 Å². The summed E-state index contributed by atoms with van der Waals surface area (Å²) >= 11 is 7.92. The lowest BCUT2D eigenvalue weighted by atomic mass is 10.1. The van der Waals surface area contributed by atoms with Crippen molar-refractivity contribution < 1.29 is 4.79 Å². The van der Waals surface area contributed by atoms with Crippen LogP contribution in [0.4, 0.5) is 5.82 Å². The number of nitrogens with zero attached hydrogens (tertiary/aromatic N) is 1. The van der Waals surface area contributed by atoms with Crippen LogP contribution in [0.5, 0.6) is 0 Å². The molecule has 0 fully saturated rings. The number of carbonyl (C=O) groups is 1. The second kappa shape index (κ2) is 5.65. The number of fused-ring (bicyclic) bond motifs is 3. The summed E-state index contributed by atoms with van der Waals surface area (Å²) in [6.07, 6.45) is 1.63. The predicted molar refractivity (Wildman–Crippen MR) is 96.5 cm³/mol. The van der Waals surface area contributed by atoms with Gasteiger partial charge < -0.3 is 5.32 Å². The maximum Gasteiger partial charge on any atom is 0.268 e. The number of hydrogen-bond acceptors (Lipinski definition) is 3. The highest BCUT2D eigenvalue weighted by molar-refractivity contribution is 7.22. The fourth-order valence-electron chi connectivity index (χ4n) is 2.59. The van der Waals surface area contributed by atoms with E-state index in [0.717, 1.165) is 20.9 Å². The summed E-state index contributed by atoms with van der Waals surface area (Å²) in [4.78, 5) is 17.1. The Labute approximate surface area is 141 Å². The molecule has 4 aromatic rings. The number of aromatic nitrogens is 1. The number of thiophene rings is 1. The molecule has 1 N–H and O–H groups in total.